The Balaban J connectivity index is 1.65. The molecule has 0 atom stereocenters. The first kappa shape index (κ1) is 20.3. The van der Waals surface area contributed by atoms with E-state index in [1.165, 1.54) is 19.1 Å². The molecule has 152 valence electrons. The molecule has 7 heteroatoms. The molecule has 0 saturated carbocycles. The lowest BCUT2D eigenvalue weighted by Gasteiger charge is -2.14. The minimum Gasteiger partial charge on any atom is -0.493 e. The lowest BCUT2D eigenvalue weighted by molar-refractivity contribution is -0.123. The number of methoxy groups -OCH3 is 2. The van der Waals surface area contributed by atoms with E-state index >= 15 is 0 Å². The summed E-state index contributed by atoms with van der Waals surface area (Å²) in [6.07, 6.45) is 1.61. The third-order valence-corrected chi connectivity index (χ3v) is 6.11. The molecule has 4 rings (SSSR count). The highest BCUT2D eigenvalue weighted by molar-refractivity contribution is 8.18. The van der Waals surface area contributed by atoms with Gasteiger partial charge in [-0.2, -0.15) is 0 Å². The second-order valence-electron chi connectivity index (χ2n) is 6.63. The van der Waals surface area contributed by atoms with Crippen LogP contribution in [0.15, 0.2) is 59.5 Å². The van der Waals surface area contributed by atoms with Crippen molar-refractivity contribution in [1.29, 1.82) is 0 Å². The van der Waals surface area contributed by atoms with E-state index in [-0.39, 0.29) is 17.7 Å². The molecule has 2 amide bonds. The number of carbonyl (C=O) groups excluding carboxylic acids is 2. The van der Waals surface area contributed by atoms with Crippen molar-refractivity contribution < 1.29 is 19.1 Å². The normalized spacial score (nSPS) is 15.3. The van der Waals surface area contributed by atoms with Crippen molar-refractivity contribution >= 4 is 51.4 Å². The number of hydrogen-bond donors (Lipinski definition) is 0. The number of rotatable bonds is 5. The van der Waals surface area contributed by atoms with E-state index in [0.717, 1.165) is 28.1 Å². The Kier molecular flexibility index (Phi) is 5.70. The fraction of sp³-hybridized carbons (Fsp3) is 0.130. The van der Waals surface area contributed by atoms with E-state index in [9.17, 15) is 9.59 Å². The minimum absolute atomic E-state index is 0.211. The molecule has 1 saturated heterocycles. The molecular formula is C23H18ClNO4S. The van der Waals surface area contributed by atoms with E-state index in [1.54, 1.807) is 18.2 Å². The van der Waals surface area contributed by atoms with Crippen LogP contribution in [0.1, 0.15) is 11.1 Å². The predicted molar refractivity (Wildman–Crippen MR) is 120 cm³/mol. The second kappa shape index (κ2) is 8.42. The van der Waals surface area contributed by atoms with Crippen LogP contribution in [0.2, 0.25) is 5.02 Å². The number of amides is 2. The maximum atomic E-state index is 13.0. The molecule has 1 aliphatic rings. The summed E-state index contributed by atoms with van der Waals surface area (Å²) >= 11 is 7.23. The van der Waals surface area contributed by atoms with Gasteiger partial charge in [0.15, 0.2) is 11.5 Å². The van der Waals surface area contributed by atoms with Gasteiger partial charge < -0.3 is 9.47 Å². The third kappa shape index (κ3) is 3.76. The van der Waals surface area contributed by atoms with Gasteiger partial charge in [0.2, 0.25) is 0 Å². The monoisotopic (exact) mass is 439 g/mol. The van der Waals surface area contributed by atoms with Crippen molar-refractivity contribution in [1.82, 2.24) is 4.90 Å². The zero-order chi connectivity index (χ0) is 21.3. The van der Waals surface area contributed by atoms with Crippen LogP contribution in [0.5, 0.6) is 11.5 Å². The van der Waals surface area contributed by atoms with E-state index in [0.29, 0.717) is 27.0 Å². The standard InChI is InChI=1S/C23H18ClNO4S/c1-28-19-10-16(18(24)12-20(19)29-2)11-21-22(26)25(23(27)30-21)13-15-8-5-7-14-6-3-4-9-17(14)15/h3-12H,13H2,1-2H3/b21-11-. The topological polar surface area (TPSA) is 55.8 Å². The summed E-state index contributed by atoms with van der Waals surface area (Å²) in [5, 5.41) is 2.17. The van der Waals surface area contributed by atoms with Crippen LogP contribution in [-0.2, 0) is 11.3 Å². The van der Waals surface area contributed by atoms with E-state index in [2.05, 4.69) is 0 Å². The molecule has 0 spiro atoms. The van der Waals surface area contributed by atoms with Crippen molar-refractivity contribution in [2.24, 2.45) is 0 Å². The van der Waals surface area contributed by atoms with Gasteiger partial charge >= 0.3 is 0 Å². The molecule has 30 heavy (non-hydrogen) atoms. The van der Waals surface area contributed by atoms with Gasteiger partial charge in [0.25, 0.3) is 11.1 Å². The van der Waals surface area contributed by atoms with E-state index in [4.69, 9.17) is 21.1 Å². The molecule has 0 unspecified atom stereocenters. The highest BCUT2D eigenvalue weighted by Crippen LogP contribution is 2.38. The van der Waals surface area contributed by atoms with E-state index < -0.39 is 0 Å². The van der Waals surface area contributed by atoms with Crippen LogP contribution in [0, 0.1) is 0 Å². The molecule has 1 fully saturated rings. The summed E-state index contributed by atoms with van der Waals surface area (Å²) in [6, 6.07) is 17.1. The lowest BCUT2D eigenvalue weighted by Crippen LogP contribution is -2.27. The fourth-order valence-corrected chi connectivity index (χ4v) is 4.40. The molecule has 5 nitrogen and oxygen atoms in total. The number of nitrogens with zero attached hydrogens (tertiary/aromatic N) is 1. The van der Waals surface area contributed by atoms with Gasteiger partial charge in [-0.3, -0.25) is 14.5 Å². The average Bonchev–Trinajstić information content (AvgIpc) is 3.02. The Hall–Kier alpha value is -2.96. The van der Waals surface area contributed by atoms with E-state index in [1.807, 2.05) is 42.5 Å². The largest absolute Gasteiger partial charge is 0.493 e. The first-order chi connectivity index (χ1) is 14.5. The summed E-state index contributed by atoms with van der Waals surface area (Å²) < 4.78 is 10.5. The van der Waals surface area contributed by atoms with Gasteiger partial charge in [-0.1, -0.05) is 54.1 Å². The maximum Gasteiger partial charge on any atom is 0.293 e. The smallest absolute Gasteiger partial charge is 0.293 e. The molecule has 0 aliphatic carbocycles. The summed E-state index contributed by atoms with van der Waals surface area (Å²) in [5.41, 5.74) is 1.49. The number of fused-ring (bicyclic) bond motifs is 1. The molecule has 3 aromatic rings. The first-order valence-corrected chi connectivity index (χ1v) is 10.3. The van der Waals surface area contributed by atoms with Crippen molar-refractivity contribution in [2.45, 2.75) is 6.54 Å². The number of benzene rings is 3. The van der Waals surface area contributed by atoms with Crippen LogP contribution in [0.25, 0.3) is 16.8 Å². The van der Waals surface area contributed by atoms with Gasteiger partial charge in [0.05, 0.1) is 30.7 Å². The zero-order valence-electron chi connectivity index (χ0n) is 16.3. The molecule has 1 aliphatic heterocycles. The summed E-state index contributed by atoms with van der Waals surface area (Å²) in [4.78, 5) is 27.1. The quantitative estimate of drug-likeness (QED) is 0.474. The van der Waals surface area contributed by atoms with Crippen molar-refractivity contribution in [3.05, 3.63) is 75.7 Å². The van der Waals surface area contributed by atoms with Gasteiger partial charge in [-0.25, -0.2) is 0 Å². The predicted octanol–water partition coefficient (Wildman–Crippen LogP) is 5.75. The lowest BCUT2D eigenvalue weighted by atomic mass is 10.0. The molecule has 0 bridgehead atoms. The third-order valence-electron chi connectivity index (χ3n) is 4.87. The fourth-order valence-electron chi connectivity index (χ4n) is 3.36. The van der Waals surface area contributed by atoms with Gasteiger partial charge in [-0.05, 0) is 45.8 Å². The van der Waals surface area contributed by atoms with Gasteiger partial charge in [0.1, 0.15) is 0 Å². The minimum atomic E-state index is -0.344. The van der Waals surface area contributed by atoms with Crippen LogP contribution >= 0.6 is 23.4 Å². The van der Waals surface area contributed by atoms with Crippen LogP contribution in [0.4, 0.5) is 4.79 Å². The molecule has 1 heterocycles. The second-order valence-corrected chi connectivity index (χ2v) is 8.04. The number of carbonyl (C=O) groups is 2. The summed E-state index contributed by atoms with van der Waals surface area (Å²) in [7, 11) is 3.04. The van der Waals surface area contributed by atoms with Crippen molar-refractivity contribution in [3.63, 3.8) is 0 Å². The summed E-state index contributed by atoms with van der Waals surface area (Å²) in [5.74, 6) is 0.635. The number of ether oxygens (including phenoxy) is 2. The van der Waals surface area contributed by atoms with Crippen molar-refractivity contribution in [2.75, 3.05) is 14.2 Å². The number of thioether (sulfide) groups is 1. The highest BCUT2D eigenvalue weighted by Gasteiger charge is 2.35. The van der Waals surface area contributed by atoms with Gasteiger partial charge in [-0.15, -0.1) is 0 Å². The van der Waals surface area contributed by atoms with Crippen LogP contribution in [-0.4, -0.2) is 30.3 Å². The molecular weight excluding hydrogens is 422 g/mol. The molecule has 3 aromatic carbocycles. The zero-order valence-corrected chi connectivity index (χ0v) is 17.9. The Morgan fingerprint density at radius 3 is 2.47 bits per heavy atom. The molecule has 0 N–H and O–H groups in total. The number of halogens is 1. The average molecular weight is 440 g/mol. The number of hydrogen-bond acceptors (Lipinski definition) is 5. The molecule has 0 aromatic heterocycles. The molecule has 0 radical (unpaired) electrons. The van der Waals surface area contributed by atoms with Gasteiger partial charge in [0, 0.05) is 6.07 Å². The maximum absolute atomic E-state index is 13.0. The van der Waals surface area contributed by atoms with Crippen molar-refractivity contribution in [3.8, 4) is 11.5 Å². The Morgan fingerprint density at radius 1 is 1.00 bits per heavy atom. The first-order valence-electron chi connectivity index (χ1n) is 9.15. The van der Waals surface area contributed by atoms with Crippen LogP contribution < -0.4 is 9.47 Å². The summed E-state index contributed by atoms with van der Waals surface area (Å²) in [6.45, 7) is 0.211. The number of imide groups is 1. The highest BCUT2D eigenvalue weighted by atomic mass is 35.5. The SMILES string of the molecule is COc1cc(Cl)c(/C=C2\SC(=O)N(Cc3cccc4ccccc34)C2=O)cc1OC. The Morgan fingerprint density at radius 2 is 1.70 bits per heavy atom. The Labute approximate surface area is 183 Å². The Bertz CT molecular complexity index is 1190. The van der Waals surface area contributed by atoms with Crippen LogP contribution in [0.3, 0.4) is 0 Å².